The molecule has 0 aromatic carbocycles. The molecule has 0 bridgehead atoms. The Kier molecular flexibility index (Phi) is 37.5. The quantitative estimate of drug-likeness (QED) is 0.0325. The zero-order valence-corrected chi connectivity index (χ0v) is 32.7. The Morgan fingerprint density at radius 1 is 0.490 bits per heavy atom. The first-order chi connectivity index (χ1) is 24.0. The summed E-state index contributed by atoms with van der Waals surface area (Å²) >= 11 is 0. The Labute approximate surface area is 304 Å². The minimum Gasteiger partial charge on any atom is -0.394 e. The van der Waals surface area contributed by atoms with Crippen LogP contribution in [0.15, 0.2) is 12.2 Å². The van der Waals surface area contributed by atoms with E-state index in [0.29, 0.717) is 12.8 Å². The first-order valence-electron chi connectivity index (χ1n) is 21.6. The van der Waals surface area contributed by atoms with Crippen molar-refractivity contribution in [2.24, 2.45) is 0 Å². The van der Waals surface area contributed by atoms with Crippen molar-refractivity contribution in [2.75, 3.05) is 6.61 Å². The second-order valence-corrected chi connectivity index (χ2v) is 15.0. The highest BCUT2D eigenvalue weighted by Crippen LogP contribution is 2.16. The summed E-state index contributed by atoms with van der Waals surface area (Å²) in [6, 6.07) is -0.983. The molecule has 49 heavy (non-hydrogen) atoms. The summed E-state index contributed by atoms with van der Waals surface area (Å²) in [6.07, 6.45) is 40.9. The van der Waals surface area contributed by atoms with Gasteiger partial charge in [0.15, 0.2) is 0 Å². The van der Waals surface area contributed by atoms with Gasteiger partial charge in [0.1, 0.15) is 12.2 Å². The summed E-state index contributed by atoms with van der Waals surface area (Å²) in [5, 5.41) is 43.6. The van der Waals surface area contributed by atoms with Gasteiger partial charge in [-0.05, 0) is 38.5 Å². The zero-order chi connectivity index (χ0) is 36.0. The number of hydrogen-bond acceptors (Lipinski definition) is 5. The Balaban J connectivity index is 3.73. The molecule has 0 aliphatic carbocycles. The van der Waals surface area contributed by atoms with E-state index in [1.54, 1.807) is 0 Å². The van der Waals surface area contributed by atoms with E-state index in [9.17, 15) is 25.2 Å². The number of carbonyl (C=O) groups excluding carboxylic acids is 1. The SMILES string of the molecule is CCCCCCCCCCCC/C=C\CCCCCCCCC(O)C(=O)NC(CO)C(O)C(O)CCCCCCCCCCCCCCC. The maximum absolute atomic E-state index is 12.5. The van der Waals surface area contributed by atoms with E-state index in [0.717, 1.165) is 44.9 Å². The second kappa shape index (κ2) is 38.3. The van der Waals surface area contributed by atoms with Gasteiger partial charge in [-0.3, -0.25) is 4.79 Å². The van der Waals surface area contributed by atoms with Gasteiger partial charge in [0, 0.05) is 0 Å². The fourth-order valence-electron chi connectivity index (χ4n) is 6.75. The molecular formula is C43H85NO5. The van der Waals surface area contributed by atoms with E-state index in [2.05, 4.69) is 31.3 Å². The van der Waals surface area contributed by atoms with Crippen LogP contribution in [0.3, 0.4) is 0 Å². The zero-order valence-electron chi connectivity index (χ0n) is 32.7. The summed E-state index contributed by atoms with van der Waals surface area (Å²) in [6.45, 7) is 4.05. The fourth-order valence-corrected chi connectivity index (χ4v) is 6.75. The predicted octanol–water partition coefficient (Wildman–Crippen LogP) is 11.0. The standard InChI is InChI=1S/C43H85NO5/c1-3-5-7-9-11-13-15-17-18-19-20-21-22-23-25-27-29-31-33-35-37-41(47)43(49)44-39(38-45)42(48)40(46)36-34-32-30-28-26-24-16-14-12-10-8-6-4-2/h21-22,39-42,45-48H,3-20,23-38H2,1-2H3,(H,44,49)/b22-21-. The summed E-state index contributed by atoms with van der Waals surface area (Å²) in [5.41, 5.74) is 0. The number of amides is 1. The minimum atomic E-state index is -1.26. The molecule has 6 heteroatoms. The Morgan fingerprint density at radius 3 is 1.18 bits per heavy atom. The van der Waals surface area contributed by atoms with E-state index < -0.39 is 36.9 Å². The van der Waals surface area contributed by atoms with Crippen molar-refractivity contribution in [3.8, 4) is 0 Å². The monoisotopic (exact) mass is 696 g/mol. The molecule has 5 N–H and O–H groups in total. The van der Waals surface area contributed by atoms with Crippen LogP contribution in [0.2, 0.25) is 0 Å². The largest absolute Gasteiger partial charge is 0.394 e. The molecule has 0 saturated carbocycles. The number of rotatable bonds is 39. The Bertz CT molecular complexity index is 702. The summed E-state index contributed by atoms with van der Waals surface area (Å²) in [7, 11) is 0. The van der Waals surface area contributed by atoms with E-state index in [1.165, 1.54) is 154 Å². The van der Waals surface area contributed by atoms with Crippen LogP contribution in [-0.2, 0) is 4.79 Å². The van der Waals surface area contributed by atoms with Gasteiger partial charge in [0.05, 0.1) is 18.8 Å². The van der Waals surface area contributed by atoms with Gasteiger partial charge < -0.3 is 25.7 Å². The number of hydrogen-bond donors (Lipinski definition) is 5. The maximum atomic E-state index is 12.5. The van der Waals surface area contributed by atoms with Gasteiger partial charge >= 0.3 is 0 Å². The molecule has 0 fully saturated rings. The van der Waals surface area contributed by atoms with Crippen molar-refractivity contribution < 1.29 is 25.2 Å². The lowest BCUT2D eigenvalue weighted by Crippen LogP contribution is -2.53. The van der Waals surface area contributed by atoms with Gasteiger partial charge in [-0.1, -0.05) is 199 Å². The highest BCUT2D eigenvalue weighted by molar-refractivity contribution is 5.80. The van der Waals surface area contributed by atoms with Crippen LogP contribution in [0.5, 0.6) is 0 Å². The van der Waals surface area contributed by atoms with Crippen LogP contribution >= 0.6 is 0 Å². The Morgan fingerprint density at radius 2 is 0.816 bits per heavy atom. The average Bonchev–Trinajstić information content (AvgIpc) is 3.11. The molecule has 4 unspecified atom stereocenters. The number of nitrogens with one attached hydrogen (secondary N) is 1. The third kappa shape index (κ3) is 32.7. The van der Waals surface area contributed by atoms with E-state index >= 15 is 0 Å². The minimum absolute atomic E-state index is 0.364. The normalized spacial score (nSPS) is 14.3. The van der Waals surface area contributed by atoms with E-state index in [4.69, 9.17) is 0 Å². The summed E-state index contributed by atoms with van der Waals surface area (Å²) in [5.74, 6) is -0.587. The van der Waals surface area contributed by atoms with Crippen LogP contribution < -0.4 is 5.32 Å². The molecule has 0 heterocycles. The van der Waals surface area contributed by atoms with E-state index in [-0.39, 0.29) is 0 Å². The lowest BCUT2D eigenvalue weighted by molar-refractivity contribution is -0.132. The molecule has 0 spiro atoms. The van der Waals surface area contributed by atoms with Crippen molar-refractivity contribution in [2.45, 2.75) is 250 Å². The van der Waals surface area contributed by atoms with E-state index in [1.807, 2.05) is 0 Å². The molecular weight excluding hydrogens is 610 g/mol. The van der Waals surface area contributed by atoms with Crippen LogP contribution in [0.25, 0.3) is 0 Å². The van der Waals surface area contributed by atoms with Crippen LogP contribution in [0, 0.1) is 0 Å². The predicted molar refractivity (Wildman–Crippen MR) is 210 cm³/mol. The van der Waals surface area contributed by atoms with Crippen molar-refractivity contribution in [3.63, 3.8) is 0 Å². The van der Waals surface area contributed by atoms with Crippen LogP contribution in [0.4, 0.5) is 0 Å². The van der Waals surface area contributed by atoms with Gasteiger partial charge in [-0.2, -0.15) is 0 Å². The number of aliphatic hydroxyl groups is 4. The number of aliphatic hydroxyl groups excluding tert-OH is 4. The first-order valence-corrected chi connectivity index (χ1v) is 21.6. The third-order valence-corrected chi connectivity index (χ3v) is 10.2. The van der Waals surface area contributed by atoms with Crippen molar-refractivity contribution in [1.29, 1.82) is 0 Å². The molecule has 0 aromatic rings. The van der Waals surface area contributed by atoms with Crippen molar-refractivity contribution in [1.82, 2.24) is 5.32 Å². The number of unbranched alkanes of at least 4 members (excludes halogenated alkanes) is 28. The Hall–Kier alpha value is -0.950. The highest BCUT2D eigenvalue weighted by Gasteiger charge is 2.28. The fraction of sp³-hybridized carbons (Fsp3) is 0.930. The average molecular weight is 696 g/mol. The van der Waals surface area contributed by atoms with Gasteiger partial charge in [-0.25, -0.2) is 0 Å². The second-order valence-electron chi connectivity index (χ2n) is 15.0. The van der Waals surface area contributed by atoms with Gasteiger partial charge in [0.25, 0.3) is 0 Å². The van der Waals surface area contributed by atoms with Crippen LogP contribution in [-0.4, -0.2) is 57.3 Å². The lowest BCUT2D eigenvalue weighted by Gasteiger charge is -2.27. The molecule has 4 atom stereocenters. The van der Waals surface area contributed by atoms with Crippen molar-refractivity contribution >= 4 is 5.91 Å². The summed E-state index contributed by atoms with van der Waals surface area (Å²) in [4.78, 5) is 12.5. The topological polar surface area (TPSA) is 110 Å². The van der Waals surface area contributed by atoms with Gasteiger partial charge in [0.2, 0.25) is 5.91 Å². The molecule has 0 rings (SSSR count). The molecule has 0 saturated heterocycles. The molecule has 0 aliphatic heterocycles. The lowest BCUT2D eigenvalue weighted by atomic mass is 9.99. The molecule has 0 radical (unpaired) electrons. The first kappa shape index (κ1) is 48.0. The number of allylic oxidation sites excluding steroid dienone is 2. The summed E-state index contributed by atoms with van der Waals surface area (Å²) < 4.78 is 0. The molecule has 6 nitrogen and oxygen atoms in total. The van der Waals surface area contributed by atoms with Gasteiger partial charge in [-0.15, -0.1) is 0 Å². The molecule has 0 aromatic heterocycles. The molecule has 292 valence electrons. The van der Waals surface area contributed by atoms with Crippen LogP contribution in [0.1, 0.15) is 226 Å². The van der Waals surface area contributed by atoms with Crippen molar-refractivity contribution in [3.05, 3.63) is 12.2 Å². The smallest absolute Gasteiger partial charge is 0.249 e. The molecule has 0 aliphatic rings. The number of carbonyl (C=O) groups is 1. The maximum Gasteiger partial charge on any atom is 0.249 e. The third-order valence-electron chi connectivity index (χ3n) is 10.2. The highest BCUT2D eigenvalue weighted by atomic mass is 16.3. The molecule has 1 amide bonds.